The molecule has 4 aliphatic carbocycles. The molecular weight excluding hydrogens is 1510 g/mol. The molecule has 0 saturated carbocycles. The van der Waals surface area contributed by atoms with Crippen molar-refractivity contribution in [2.45, 2.75) is 10.8 Å². The summed E-state index contributed by atoms with van der Waals surface area (Å²) in [5, 5.41) is 4.53. The highest BCUT2D eigenvalue weighted by atomic mass is 16.3. The zero-order valence-corrected chi connectivity index (χ0v) is 66.7. The first kappa shape index (κ1) is 70.5. The minimum atomic E-state index is -0.696. The highest BCUT2D eigenvalue weighted by molar-refractivity contribution is 6.18. The topological polar surface area (TPSA) is 129 Å². The first-order valence-corrected chi connectivity index (χ1v) is 41.9. The molecule has 2 atom stereocenters. The second kappa shape index (κ2) is 28.0. The van der Waals surface area contributed by atoms with Crippen molar-refractivity contribution in [3.05, 3.63) is 458 Å². The normalized spacial score (nSPS) is 14.5. The monoisotopic (exact) mass is 1580 g/mol. The van der Waals surface area contributed by atoms with Crippen LogP contribution < -0.4 is 0 Å². The second-order valence-corrected chi connectivity index (χ2v) is 32.2. The molecule has 0 fully saturated rings. The second-order valence-electron chi connectivity index (χ2n) is 32.2. The Bertz CT molecular complexity index is 7630. The maximum Gasteiger partial charge on any atom is 0.163 e. The fraction of sp³-hybridized carbons (Fsp3) is 0.0175. The Morgan fingerprint density at radius 2 is 0.556 bits per heavy atom. The van der Waals surface area contributed by atoms with Gasteiger partial charge < -0.3 is 8.83 Å². The molecule has 124 heavy (non-hydrogen) atoms. The van der Waals surface area contributed by atoms with Crippen LogP contribution >= 0.6 is 0 Å². The number of aromatic nitrogens is 8. The van der Waals surface area contributed by atoms with Crippen LogP contribution in [0.4, 0.5) is 0 Å². The van der Waals surface area contributed by atoms with Crippen LogP contribution in [0.25, 0.3) is 201 Å². The lowest BCUT2D eigenvalue weighted by Crippen LogP contribution is -2.29. The van der Waals surface area contributed by atoms with E-state index in [0.717, 1.165) is 117 Å². The molecule has 0 bridgehead atoms. The molecule has 15 aromatic carbocycles. The van der Waals surface area contributed by atoms with Crippen molar-refractivity contribution in [2.75, 3.05) is 0 Å². The zero-order valence-electron chi connectivity index (χ0n) is 66.7. The fourth-order valence-electron chi connectivity index (χ4n) is 20.5. The summed E-state index contributed by atoms with van der Waals surface area (Å²) in [6.45, 7) is 0. The van der Waals surface area contributed by atoms with Gasteiger partial charge in [-0.2, -0.15) is 0 Å². The van der Waals surface area contributed by atoms with Gasteiger partial charge in [0.1, 0.15) is 22.3 Å². The van der Waals surface area contributed by atoms with Gasteiger partial charge in [-0.05, 0) is 184 Å². The van der Waals surface area contributed by atoms with E-state index in [1.165, 1.54) is 111 Å². The van der Waals surface area contributed by atoms with Crippen LogP contribution in [0.1, 0.15) is 44.5 Å². The maximum atomic E-state index is 6.56. The van der Waals surface area contributed by atoms with Crippen molar-refractivity contribution in [3.8, 4) is 157 Å². The van der Waals surface area contributed by atoms with Crippen LogP contribution in [-0.4, -0.2) is 39.9 Å². The number of furan rings is 2. The van der Waals surface area contributed by atoms with Crippen molar-refractivity contribution in [3.63, 3.8) is 0 Å². The largest absolute Gasteiger partial charge is 0.456 e. The van der Waals surface area contributed by atoms with Gasteiger partial charge >= 0.3 is 0 Å². The molecule has 2 spiro atoms. The van der Waals surface area contributed by atoms with Crippen molar-refractivity contribution < 1.29 is 8.83 Å². The zero-order chi connectivity index (χ0) is 81.6. The van der Waals surface area contributed by atoms with Crippen LogP contribution in [0.3, 0.4) is 0 Å². The summed E-state index contributed by atoms with van der Waals surface area (Å²) in [6, 6.07) is 136. The smallest absolute Gasteiger partial charge is 0.163 e. The quantitative estimate of drug-likeness (QED) is 0.145. The van der Waals surface area contributed by atoms with E-state index in [2.05, 4.69) is 302 Å². The number of fused-ring (bicyclic) bond motifs is 32. The molecule has 576 valence electrons. The van der Waals surface area contributed by atoms with Gasteiger partial charge in [0.05, 0.1) is 44.9 Å². The Hall–Kier alpha value is -16.6. The molecule has 0 radical (unpaired) electrons. The van der Waals surface area contributed by atoms with E-state index >= 15 is 0 Å². The van der Waals surface area contributed by atoms with Crippen LogP contribution in [0.5, 0.6) is 0 Å². The van der Waals surface area contributed by atoms with Gasteiger partial charge in [0, 0.05) is 91.5 Å². The minimum Gasteiger partial charge on any atom is -0.456 e. The van der Waals surface area contributed by atoms with Crippen molar-refractivity contribution in [2.24, 2.45) is 0 Å². The summed E-state index contributed by atoms with van der Waals surface area (Å²) in [4.78, 5) is 39.7. The Kier molecular flexibility index (Phi) is 15.9. The van der Waals surface area contributed by atoms with Gasteiger partial charge in [-0.3, -0.25) is 9.97 Å². The molecule has 0 saturated heterocycles. The van der Waals surface area contributed by atoms with Gasteiger partial charge in [-0.25, -0.2) is 29.9 Å². The van der Waals surface area contributed by atoms with E-state index in [-0.39, 0.29) is 0 Å². The molecular formula is C114H68N8O2. The van der Waals surface area contributed by atoms with Crippen molar-refractivity contribution in [1.82, 2.24) is 39.9 Å². The van der Waals surface area contributed by atoms with Crippen LogP contribution in [0.15, 0.2) is 422 Å². The summed E-state index contributed by atoms with van der Waals surface area (Å²) < 4.78 is 13.1. The average Bonchev–Trinajstić information content (AvgIpc) is 1.51. The number of para-hydroxylation sites is 2. The Morgan fingerprint density at radius 1 is 0.194 bits per heavy atom. The molecule has 7 heterocycles. The van der Waals surface area contributed by atoms with Gasteiger partial charge in [-0.15, -0.1) is 0 Å². The molecule has 0 aliphatic heterocycles. The molecule has 4 aliphatic rings. The Labute approximate surface area is 713 Å². The standard InChI is InChI=1S/2C57H34N4O/c1-3-15-35(16-4-1)49-32-50(61-56(60-49)38-33-58-55(59-34-38)36-17-5-2-6-18-36)37-27-28-42-40-20-8-7-19-39(40)41-21-9-12-24-45(41)57(48(42)31-37)46-25-13-10-22-43(46)53-47(57)29-30-52-54(53)44-23-11-14-26-51(44)62-52;1-2-13-35(14-3-1)50-32-51(61-56(60-50)38-25-28-49(59-34-38)37-15-12-30-58-33-37)36-24-26-42-40-17-5-4-16-39(40)41-18-6-9-21-45(41)57(48(42)31-36)46-22-10-7-19-43(46)54-47(57)27-29-53-55(54)44-20-8-11-23-52(44)62-53/h2*1-34H. The predicted octanol–water partition coefficient (Wildman–Crippen LogP) is 27.7. The summed E-state index contributed by atoms with van der Waals surface area (Å²) in [5.74, 6) is 1.83. The van der Waals surface area contributed by atoms with E-state index in [0.29, 0.717) is 17.5 Å². The first-order chi connectivity index (χ1) is 61.5. The number of nitrogens with zero attached hydrogens (tertiary/aromatic N) is 8. The van der Waals surface area contributed by atoms with Crippen molar-refractivity contribution in [1.29, 1.82) is 0 Å². The van der Waals surface area contributed by atoms with E-state index in [9.17, 15) is 0 Å². The summed E-state index contributed by atoms with van der Waals surface area (Å²) >= 11 is 0. The van der Waals surface area contributed by atoms with E-state index in [4.69, 9.17) is 43.7 Å². The van der Waals surface area contributed by atoms with Crippen molar-refractivity contribution >= 4 is 43.9 Å². The number of hydrogen-bond acceptors (Lipinski definition) is 10. The molecule has 22 aromatic rings. The van der Waals surface area contributed by atoms with E-state index in [1.807, 2.05) is 110 Å². The molecule has 2 unspecified atom stereocenters. The summed E-state index contributed by atoms with van der Waals surface area (Å²) in [5.41, 5.74) is 38.2. The number of hydrogen-bond donors (Lipinski definition) is 0. The van der Waals surface area contributed by atoms with E-state index < -0.39 is 10.8 Å². The Balaban J connectivity index is 0.000000136. The van der Waals surface area contributed by atoms with Gasteiger partial charge in [0.15, 0.2) is 17.5 Å². The van der Waals surface area contributed by atoms with Gasteiger partial charge in [0.25, 0.3) is 0 Å². The van der Waals surface area contributed by atoms with Crippen LogP contribution in [0, 0.1) is 0 Å². The van der Waals surface area contributed by atoms with Crippen LogP contribution in [0.2, 0.25) is 0 Å². The predicted molar refractivity (Wildman–Crippen MR) is 497 cm³/mol. The lowest BCUT2D eigenvalue weighted by atomic mass is 9.65. The van der Waals surface area contributed by atoms with Gasteiger partial charge in [0.2, 0.25) is 0 Å². The lowest BCUT2D eigenvalue weighted by molar-refractivity contribution is 0.668. The number of rotatable bonds is 8. The first-order valence-electron chi connectivity index (χ1n) is 41.9. The number of benzene rings is 15. The van der Waals surface area contributed by atoms with Crippen LogP contribution in [-0.2, 0) is 10.8 Å². The third-order valence-corrected chi connectivity index (χ3v) is 25.7. The molecule has 7 aromatic heterocycles. The molecule has 10 heteroatoms. The highest BCUT2D eigenvalue weighted by Gasteiger charge is 2.53. The number of pyridine rings is 2. The highest BCUT2D eigenvalue weighted by Crippen LogP contribution is 2.66. The van der Waals surface area contributed by atoms with Gasteiger partial charge in [-0.1, -0.05) is 309 Å². The average molecular weight is 1580 g/mol. The summed E-state index contributed by atoms with van der Waals surface area (Å²) in [7, 11) is 0. The third kappa shape index (κ3) is 10.7. The Morgan fingerprint density at radius 3 is 1.00 bits per heavy atom. The molecule has 0 amide bonds. The van der Waals surface area contributed by atoms with E-state index in [1.54, 1.807) is 6.20 Å². The SMILES string of the molecule is c1ccc(-c2cc(-c3ccc4c(c3)C3(c5ccccc5-c5ccccc5-4)c4ccccc4-c4c3ccc3oc5ccccc5c43)nc(-c3ccc(-c4cccnc4)nc3)n2)cc1.c1ccc(-c2cc(-c3ccc4c(c3)C3(c5ccccc5-c5ccccc5-4)c4ccccc4-c4c3ccc3oc5ccccc5c43)nc(-c3cnc(-c4ccccc4)nc3)n2)cc1. The third-order valence-electron chi connectivity index (χ3n) is 25.7. The maximum absolute atomic E-state index is 6.56. The lowest BCUT2D eigenvalue weighted by Gasteiger charge is -2.35. The molecule has 10 nitrogen and oxygen atoms in total. The fourth-order valence-corrected chi connectivity index (χ4v) is 20.5. The minimum absolute atomic E-state index is 0.562. The molecule has 26 rings (SSSR count). The molecule has 0 N–H and O–H groups in total. The summed E-state index contributed by atoms with van der Waals surface area (Å²) in [6.07, 6.45) is 9.12.